The molecule has 0 aliphatic carbocycles. The standard InChI is InChI=1S/C9H17O5P/c1-6(2)9(7(3)4,8(10)13-5)14-15(11)12/h6-7H,1-5H3/p+1. The first-order chi connectivity index (χ1) is 6.78. The van der Waals surface area contributed by atoms with Crippen molar-refractivity contribution in [1.29, 1.82) is 0 Å². The summed E-state index contributed by atoms with van der Waals surface area (Å²) in [5.41, 5.74) is -1.36. The number of rotatable bonds is 5. The van der Waals surface area contributed by atoms with E-state index in [2.05, 4.69) is 4.74 Å². The van der Waals surface area contributed by atoms with Crippen molar-refractivity contribution in [3.63, 3.8) is 0 Å². The molecule has 0 saturated heterocycles. The lowest BCUT2D eigenvalue weighted by Gasteiger charge is -2.31. The Hall–Kier alpha value is -0.510. The molecule has 0 saturated carbocycles. The van der Waals surface area contributed by atoms with Crippen LogP contribution in [0.5, 0.6) is 0 Å². The average Bonchev–Trinajstić information content (AvgIpc) is 2.11. The van der Waals surface area contributed by atoms with Crippen LogP contribution in [-0.4, -0.2) is 23.6 Å². The molecular formula is C9H18O5P+. The Morgan fingerprint density at radius 3 is 1.87 bits per heavy atom. The van der Waals surface area contributed by atoms with E-state index in [4.69, 9.17) is 9.42 Å². The van der Waals surface area contributed by atoms with E-state index >= 15 is 0 Å². The van der Waals surface area contributed by atoms with Gasteiger partial charge >= 0.3 is 14.2 Å². The maximum Gasteiger partial charge on any atom is 0.695 e. The number of carbonyl (C=O) groups is 1. The molecule has 0 aliphatic rings. The minimum absolute atomic E-state index is 0.254. The van der Waals surface area contributed by atoms with Gasteiger partial charge in [0.1, 0.15) is 0 Å². The van der Waals surface area contributed by atoms with Gasteiger partial charge < -0.3 is 4.74 Å². The lowest BCUT2D eigenvalue weighted by atomic mass is 9.80. The summed E-state index contributed by atoms with van der Waals surface area (Å²) in [5.74, 6) is -1.13. The highest BCUT2D eigenvalue weighted by molar-refractivity contribution is 7.32. The van der Waals surface area contributed by atoms with Crippen LogP contribution in [0.3, 0.4) is 0 Å². The third kappa shape index (κ3) is 2.97. The average molecular weight is 237 g/mol. The summed E-state index contributed by atoms with van der Waals surface area (Å²) in [4.78, 5) is 20.5. The van der Waals surface area contributed by atoms with Gasteiger partial charge in [0.2, 0.25) is 5.60 Å². The molecule has 0 heterocycles. The molecule has 0 aromatic carbocycles. The maximum absolute atomic E-state index is 11.7. The van der Waals surface area contributed by atoms with Gasteiger partial charge in [-0.05, 0) is 11.8 Å². The van der Waals surface area contributed by atoms with Crippen LogP contribution in [0, 0.1) is 11.8 Å². The minimum Gasteiger partial charge on any atom is -0.467 e. The predicted octanol–water partition coefficient (Wildman–Crippen LogP) is 1.88. The van der Waals surface area contributed by atoms with Crippen LogP contribution in [0.15, 0.2) is 0 Å². The molecule has 88 valence electrons. The van der Waals surface area contributed by atoms with Crippen LogP contribution >= 0.6 is 8.25 Å². The van der Waals surface area contributed by atoms with Crippen molar-refractivity contribution in [3.05, 3.63) is 0 Å². The van der Waals surface area contributed by atoms with Crippen molar-refractivity contribution in [3.8, 4) is 0 Å². The van der Waals surface area contributed by atoms with Gasteiger partial charge in [0.05, 0.1) is 7.11 Å². The summed E-state index contributed by atoms with van der Waals surface area (Å²) >= 11 is 0. The summed E-state index contributed by atoms with van der Waals surface area (Å²) in [5, 5.41) is 0. The Balaban J connectivity index is 5.26. The van der Waals surface area contributed by atoms with Crippen LogP contribution < -0.4 is 0 Å². The second kappa shape index (κ2) is 5.54. The van der Waals surface area contributed by atoms with Crippen molar-refractivity contribution in [2.75, 3.05) is 7.11 Å². The van der Waals surface area contributed by atoms with E-state index in [1.807, 2.05) is 0 Å². The highest BCUT2D eigenvalue weighted by Gasteiger charge is 2.54. The zero-order valence-electron chi connectivity index (χ0n) is 9.68. The Labute approximate surface area is 90.7 Å². The van der Waals surface area contributed by atoms with Crippen molar-refractivity contribution < 1.29 is 23.5 Å². The molecule has 0 aliphatic heterocycles. The summed E-state index contributed by atoms with van der Waals surface area (Å²) in [7, 11) is -1.61. The van der Waals surface area contributed by atoms with Gasteiger partial charge in [0.15, 0.2) is 0 Å². The first kappa shape index (κ1) is 14.5. The predicted molar refractivity (Wildman–Crippen MR) is 55.3 cm³/mol. The number of hydrogen-bond acceptors (Lipinski definition) is 4. The monoisotopic (exact) mass is 237 g/mol. The van der Waals surface area contributed by atoms with Gasteiger partial charge in [0, 0.05) is 4.57 Å². The van der Waals surface area contributed by atoms with E-state index in [1.54, 1.807) is 27.7 Å². The first-order valence-corrected chi connectivity index (χ1v) is 5.85. The van der Waals surface area contributed by atoms with Crippen LogP contribution in [0.1, 0.15) is 27.7 Å². The lowest BCUT2D eigenvalue weighted by molar-refractivity contribution is -0.169. The van der Waals surface area contributed by atoms with Gasteiger partial charge in [-0.15, -0.1) is 4.89 Å². The molecule has 0 rings (SSSR count). The van der Waals surface area contributed by atoms with Gasteiger partial charge in [-0.1, -0.05) is 32.2 Å². The number of methoxy groups -OCH3 is 1. The molecule has 0 fully saturated rings. The largest absolute Gasteiger partial charge is 0.695 e. The summed E-state index contributed by atoms with van der Waals surface area (Å²) in [6, 6.07) is 0. The molecule has 1 atom stereocenters. The van der Waals surface area contributed by atoms with Crippen molar-refractivity contribution in [2.24, 2.45) is 11.8 Å². The van der Waals surface area contributed by atoms with Gasteiger partial charge in [-0.2, -0.15) is 0 Å². The van der Waals surface area contributed by atoms with Gasteiger partial charge in [-0.3, -0.25) is 0 Å². The smallest absolute Gasteiger partial charge is 0.467 e. The molecule has 0 bridgehead atoms. The number of carbonyl (C=O) groups excluding carboxylic acids is 1. The Kier molecular flexibility index (Phi) is 5.35. The Morgan fingerprint density at radius 1 is 1.27 bits per heavy atom. The summed E-state index contributed by atoms with van der Waals surface area (Å²) in [6.07, 6.45) is 0. The Morgan fingerprint density at radius 2 is 1.67 bits per heavy atom. The quantitative estimate of drug-likeness (QED) is 0.583. The normalized spacial score (nSPS) is 13.2. The molecule has 0 radical (unpaired) electrons. The van der Waals surface area contributed by atoms with E-state index in [0.29, 0.717) is 0 Å². The zero-order chi connectivity index (χ0) is 12.2. The van der Waals surface area contributed by atoms with E-state index < -0.39 is 19.8 Å². The van der Waals surface area contributed by atoms with Crippen LogP contribution in [-0.2, 0) is 18.6 Å². The fourth-order valence-electron chi connectivity index (χ4n) is 1.67. The number of esters is 1. The molecule has 1 N–H and O–H groups in total. The Bertz CT molecular complexity index is 241. The van der Waals surface area contributed by atoms with Crippen LogP contribution in [0.4, 0.5) is 0 Å². The fraction of sp³-hybridized carbons (Fsp3) is 0.889. The maximum atomic E-state index is 11.7. The second-order valence-corrected chi connectivity index (χ2v) is 4.58. The molecule has 1 unspecified atom stereocenters. The molecule has 6 heteroatoms. The third-order valence-corrected chi connectivity index (χ3v) is 2.91. The highest BCUT2D eigenvalue weighted by atomic mass is 31.1. The minimum atomic E-state index is -2.84. The van der Waals surface area contributed by atoms with E-state index in [-0.39, 0.29) is 11.8 Å². The van der Waals surface area contributed by atoms with E-state index in [9.17, 15) is 9.36 Å². The SMILES string of the molecule is COC(=O)C(O[P+](=O)O)(C(C)C)C(C)C. The molecule has 0 aromatic heterocycles. The molecule has 0 amide bonds. The first-order valence-electron chi connectivity index (χ1n) is 4.72. The molecular weight excluding hydrogens is 219 g/mol. The second-order valence-electron chi connectivity index (χ2n) is 3.92. The topological polar surface area (TPSA) is 72.8 Å². The summed E-state index contributed by atoms with van der Waals surface area (Å²) in [6.45, 7) is 6.98. The fourth-order valence-corrected chi connectivity index (χ4v) is 2.43. The van der Waals surface area contributed by atoms with E-state index in [1.165, 1.54) is 7.11 Å². The molecule has 15 heavy (non-hydrogen) atoms. The van der Waals surface area contributed by atoms with E-state index in [0.717, 1.165) is 0 Å². The summed E-state index contributed by atoms with van der Waals surface area (Å²) < 4.78 is 20.3. The molecule has 0 aromatic rings. The van der Waals surface area contributed by atoms with Crippen molar-refractivity contribution >= 4 is 14.2 Å². The lowest BCUT2D eigenvalue weighted by Crippen LogP contribution is -2.50. The van der Waals surface area contributed by atoms with Crippen LogP contribution in [0.25, 0.3) is 0 Å². The van der Waals surface area contributed by atoms with Crippen LogP contribution in [0.2, 0.25) is 0 Å². The number of ether oxygens (including phenoxy) is 1. The zero-order valence-corrected chi connectivity index (χ0v) is 10.6. The van der Waals surface area contributed by atoms with Crippen molar-refractivity contribution in [1.82, 2.24) is 0 Å². The number of hydrogen-bond donors (Lipinski definition) is 1. The molecule has 5 nitrogen and oxygen atoms in total. The van der Waals surface area contributed by atoms with Crippen molar-refractivity contribution in [2.45, 2.75) is 33.3 Å². The van der Waals surface area contributed by atoms with Gasteiger partial charge in [0.25, 0.3) is 0 Å². The third-order valence-electron chi connectivity index (χ3n) is 2.45. The van der Waals surface area contributed by atoms with Gasteiger partial charge in [-0.25, -0.2) is 4.79 Å². The molecule has 0 spiro atoms. The highest BCUT2D eigenvalue weighted by Crippen LogP contribution is 2.38.